The first-order valence-corrected chi connectivity index (χ1v) is 9.76. The molecule has 3 amide bonds. The van der Waals surface area contributed by atoms with Gasteiger partial charge in [0.2, 0.25) is 0 Å². The number of Topliss-reactive ketones (excluding diaryl/α,β-unsaturated/α-hetero) is 1. The van der Waals surface area contributed by atoms with Crippen LogP contribution in [0.15, 0.2) is 0 Å². The Balaban J connectivity index is 1.87. The van der Waals surface area contributed by atoms with Crippen molar-refractivity contribution in [2.24, 2.45) is 5.92 Å². The molecule has 1 aromatic rings. The van der Waals surface area contributed by atoms with E-state index in [-0.39, 0.29) is 29.6 Å². The molecule has 0 radical (unpaired) electrons. The Labute approximate surface area is 164 Å². The van der Waals surface area contributed by atoms with Gasteiger partial charge in [0.15, 0.2) is 5.78 Å². The molecular formula is C20H27N3O5. The van der Waals surface area contributed by atoms with E-state index in [2.05, 4.69) is 10.3 Å². The molecule has 2 heterocycles. The number of hydrogen-bond donors (Lipinski definition) is 2. The van der Waals surface area contributed by atoms with Crippen LogP contribution in [-0.4, -0.2) is 52.3 Å². The van der Waals surface area contributed by atoms with Gasteiger partial charge >= 0.3 is 12.0 Å². The van der Waals surface area contributed by atoms with E-state index < -0.39 is 29.9 Å². The lowest BCUT2D eigenvalue weighted by atomic mass is 9.73. The van der Waals surface area contributed by atoms with E-state index in [1.54, 1.807) is 20.8 Å². The SMILES string of the molecule is CCOC(=O)c1c(C)[nH]c(C)c1C(=O)CN1C(=O)N[C@]2(CCCC[C@H]2C)C1=O. The monoisotopic (exact) mass is 389 g/mol. The van der Waals surface area contributed by atoms with Crippen LogP contribution >= 0.6 is 0 Å². The summed E-state index contributed by atoms with van der Waals surface area (Å²) in [6.45, 7) is 6.79. The number of carbonyl (C=O) groups is 4. The number of rotatable bonds is 5. The minimum Gasteiger partial charge on any atom is -0.462 e. The minimum absolute atomic E-state index is 0.0177. The maximum absolute atomic E-state index is 13.1. The third-order valence-corrected chi connectivity index (χ3v) is 5.94. The fourth-order valence-electron chi connectivity index (χ4n) is 4.45. The van der Waals surface area contributed by atoms with Crippen LogP contribution in [0.5, 0.6) is 0 Å². The molecule has 2 aliphatic rings. The first-order chi connectivity index (χ1) is 13.2. The Bertz CT molecular complexity index is 843. The standard InChI is InChI=1S/C20H27N3O5/c1-5-28-17(25)16-13(4)21-12(3)15(16)14(24)10-23-18(26)20(22-19(23)27)9-7-6-8-11(20)2/h11,21H,5-10H2,1-4H3,(H,22,27)/t11-,20+/m1/s1. The number of carbonyl (C=O) groups excluding carboxylic acids is 4. The van der Waals surface area contributed by atoms with E-state index in [9.17, 15) is 19.2 Å². The summed E-state index contributed by atoms with van der Waals surface area (Å²) in [7, 11) is 0. The highest BCUT2D eigenvalue weighted by Gasteiger charge is 2.55. The lowest BCUT2D eigenvalue weighted by Crippen LogP contribution is -2.54. The summed E-state index contributed by atoms with van der Waals surface area (Å²) in [6.07, 6.45) is 3.33. The normalized spacial score (nSPS) is 24.6. The molecule has 152 valence electrons. The number of H-pyrrole nitrogens is 1. The molecule has 28 heavy (non-hydrogen) atoms. The highest BCUT2D eigenvalue weighted by molar-refractivity contribution is 6.14. The van der Waals surface area contributed by atoms with Crippen molar-refractivity contribution < 1.29 is 23.9 Å². The van der Waals surface area contributed by atoms with E-state index in [0.717, 1.165) is 24.2 Å². The third-order valence-electron chi connectivity index (χ3n) is 5.94. The second-order valence-electron chi connectivity index (χ2n) is 7.71. The third kappa shape index (κ3) is 3.10. The van der Waals surface area contributed by atoms with Crippen molar-refractivity contribution in [3.63, 3.8) is 0 Å². The van der Waals surface area contributed by atoms with Crippen LogP contribution in [0.1, 0.15) is 71.6 Å². The molecule has 1 aliphatic heterocycles. The number of hydrogen-bond acceptors (Lipinski definition) is 5. The van der Waals surface area contributed by atoms with E-state index in [1.807, 2.05) is 6.92 Å². The molecule has 1 saturated heterocycles. The maximum Gasteiger partial charge on any atom is 0.340 e. The van der Waals surface area contributed by atoms with E-state index >= 15 is 0 Å². The average Bonchev–Trinajstić information content (AvgIpc) is 3.06. The van der Waals surface area contributed by atoms with Crippen molar-refractivity contribution in [1.29, 1.82) is 0 Å². The summed E-state index contributed by atoms with van der Waals surface area (Å²) in [5, 5.41) is 2.84. The molecule has 0 unspecified atom stereocenters. The number of amides is 3. The number of esters is 1. The van der Waals surface area contributed by atoms with Gasteiger partial charge in [-0.1, -0.05) is 19.8 Å². The van der Waals surface area contributed by atoms with Crippen molar-refractivity contribution >= 4 is 23.7 Å². The van der Waals surface area contributed by atoms with Gasteiger partial charge in [-0.3, -0.25) is 14.5 Å². The van der Waals surface area contributed by atoms with Gasteiger partial charge in [0.1, 0.15) is 5.54 Å². The Morgan fingerprint density at radius 3 is 2.50 bits per heavy atom. The number of aromatic amines is 1. The van der Waals surface area contributed by atoms with Crippen molar-refractivity contribution in [3.05, 3.63) is 22.5 Å². The number of aromatic nitrogens is 1. The van der Waals surface area contributed by atoms with Crippen LogP contribution in [0, 0.1) is 19.8 Å². The highest BCUT2D eigenvalue weighted by atomic mass is 16.5. The predicted molar refractivity (Wildman–Crippen MR) is 101 cm³/mol. The second-order valence-corrected chi connectivity index (χ2v) is 7.71. The Morgan fingerprint density at radius 2 is 1.86 bits per heavy atom. The van der Waals surface area contributed by atoms with Gasteiger partial charge < -0.3 is 15.0 Å². The average molecular weight is 389 g/mol. The number of nitrogens with one attached hydrogen (secondary N) is 2. The van der Waals surface area contributed by atoms with Gasteiger partial charge in [-0.15, -0.1) is 0 Å². The van der Waals surface area contributed by atoms with Crippen molar-refractivity contribution in [2.75, 3.05) is 13.2 Å². The zero-order valence-corrected chi connectivity index (χ0v) is 16.8. The number of ketones is 1. The fraction of sp³-hybridized carbons (Fsp3) is 0.600. The molecule has 8 nitrogen and oxygen atoms in total. The van der Waals surface area contributed by atoms with Gasteiger partial charge in [-0.25, -0.2) is 9.59 Å². The van der Waals surface area contributed by atoms with Gasteiger partial charge in [0, 0.05) is 11.4 Å². The molecule has 2 N–H and O–H groups in total. The summed E-state index contributed by atoms with van der Waals surface area (Å²) in [4.78, 5) is 54.9. The highest BCUT2D eigenvalue weighted by Crippen LogP contribution is 2.38. The number of aryl methyl sites for hydroxylation is 2. The summed E-state index contributed by atoms with van der Waals surface area (Å²) < 4.78 is 5.06. The number of ether oxygens (including phenoxy) is 1. The van der Waals surface area contributed by atoms with E-state index in [0.29, 0.717) is 17.8 Å². The summed E-state index contributed by atoms with van der Waals surface area (Å²) >= 11 is 0. The Hall–Kier alpha value is -2.64. The molecular weight excluding hydrogens is 362 g/mol. The maximum atomic E-state index is 13.1. The first-order valence-electron chi connectivity index (χ1n) is 9.76. The van der Waals surface area contributed by atoms with Crippen molar-refractivity contribution in [1.82, 2.24) is 15.2 Å². The summed E-state index contributed by atoms with van der Waals surface area (Å²) in [5.74, 6) is -1.39. The van der Waals surface area contributed by atoms with E-state index in [1.165, 1.54) is 0 Å². The summed E-state index contributed by atoms with van der Waals surface area (Å²) in [5.41, 5.74) is 0.460. The molecule has 3 rings (SSSR count). The van der Waals surface area contributed by atoms with Crippen LogP contribution < -0.4 is 5.32 Å². The lowest BCUT2D eigenvalue weighted by Gasteiger charge is -2.36. The van der Waals surface area contributed by atoms with Gasteiger partial charge in [-0.2, -0.15) is 0 Å². The van der Waals surface area contributed by atoms with Crippen LogP contribution in [0.2, 0.25) is 0 Å². The lowest BCUT2D eigenvalue weighted by molar-refractivity contribution is -0.133. The second kappa shape index (κ2) is 7.41. The molecule has 1 aliphatic carbocycles. The number of urea groups is 1. The number of imide groups is 1. The van der Waals surface area contributed by atoms with E-state index in [4.69, 9.17) is 4.74 Å². The quantitative estimate of drug-likeness (QED) is 0.457. The van der Waals surface area contributed by atoms with Gasteiger partial charge in [0.25, 0.3) is 5.91 Å². The van der Waals surface area contributed by atoms with Crippen molar-refractivity contribution in [2.45, 2.75) is 58.9 Å². The minimum atomic E-state index is -0.914. The van der Waals surface area contributed by atoms with Gasteiger partial charge in [0.05, 0.1) is 24.3 Å². The molecule has 2 fully saturated rings. The van der Waals surface area contributed by atoms with Crippen molar-refractivity contribution in [3.8, 4) is 0 Å². The Kier molecular flexibility index (Phi) is 5.32. The molecule has 2 atom stereocenters. The van der Waals surface area contributed by atoms with Crippen LogP contribution in [-0.2, 0) is 9.53 Å². The molecule has 1 aromatic heterocycles. The number of nitrogens with zero attached hydrogens (tertiary/aromatic N) is 1. The van der Waals surface area contributed by atoms with Crippen LogP contribution in [0.4, 0.5) is 4.79 Å². The Morgan fingerprint density at radius 1 is 1.18 bits per heavy atom. The van der Waals surface area contributed by atoms with Crippen LogP contribution in [0.3, 0.4) is 0 Å². The summed E-state index contributed by atoms with van der Waals surface area (Å²) in [6, 6.07) is -0.547. The molecule has 0 bridgehead atoms. The molecule has 1 spiro atoms. The first kappa shape index (κ1) is 20.1. The topological polar surface area (TPSA) is 109 Å². The zero-order valence-electron chi connectivity index (χ0n) is 16.8. The fourth-order valence-corrected chi connectivity index (χ4v) is 4.45. The van der Waals surface area contributed by atoms with Crippen LogP contribution in [0.25, 0.3) is 0 Å². The van der Waals surface area contributed by atoms with Gasteiger partial charge in [-0.05, 0) is 39.5 Å². The molecule has 1 saturated carbocycles. The zero-order chi connectivity index (χ0) is 20.6. The smallest absolute Gasteiger partial charge is 0.340 e. The molecule has 8 heteroatoms. The predicted octanol–water partition coefficient (Wildman–Crippen LogP) is 2.49. The largest absolute Gasteiger partial charge is 0.462 e. The molecule has 0 aromatic carbocycles.